The number of fused-ring (bicyclic) bond motifs is 1. The Morgan fingerprint density at radius 2 is 1.76 bits per heavy atom. The maximum Gasteiger partial charge on any atom is 0.405 e. The highest BCUT2D eigenvalue weighted by molar-refractivity contribution is 5.90. The molecule has 0 spiro atoms. The van der Waals surface area contributed by atoms with E-state index in [0.29, 0.717) is 23.4 Å². The number of carbonyl (C=O) groups is 1. The van der Waals surface area contributed by atoms with E-state index in [2.05, 4.69) is 10.3 Å². The zero-order valence-electron chi connectivity index (χ0n) is 17.4. The molecule has 0 saturated carbocycles. The molecule has 0 aliphatic rings. The van der Waals surface area contributed by atoms with Crippen molar-refractivity contribution >= 4 is 17.4 Å². The number of aromatic nitrogens is 2. The number of hydrogen-bond acceptors (Lipinski definition) is 3. The maximum absolute atomic E-state index is 12.3. The fourth-order valence-electron chi connectivity index (χ4n) is 3.45. The Bertz CT molecular complexity index is 1280. The molecule has 0 radical (unpaired) electrons. The van der Waals surface area contributed by atoms with Gasteiger partial charge >= 0.3 is 12.2 Å². The van der Waals surface area contributed by atoms with E-state index in [1.54, 1.807) is 29.6 Å². The summed E-state index contributed by atoms with van der Waals surface area (Å²) in [7, 11) is 0. The Hall–Kier alpha value is -3.85. The molecule has 0 unspecified atom stereocenters. The highest BCUT2D eigenvalue weighted by Crippen LogP contribution is 2.26. The van der Waals surface area contributed by atoms with Crippen LogP contribution < -0.4 is 10.6 Å². The van der Waals surface area contributed by atoms with Gasteiger partial charge in [-0.3, -0.25) is 0 Å². The molecule has 0 saturated heterocycles. The number of nitrogens with one attached hydrogen (secondary N) is 2. The molecule has 6 nitrogen and oxygen atoms in total. The van der Waals surface area contributed by atoms with Crippen LogP contribution in [0, 0.1) is 0 Å². The summed E-state index contributed by atoms with van der Waals surface area (Å²) < 4.78 is 38.7. The topological polar surface area (TPSA) is 78.7 Å². The van der Waals surface area contributed by atoms with E-state index < -0.39 is 18.8 Å². The Morgan fingerprint density at radius 1 is 1.00 bits per heavy atom. The molecule has 4 aromatic rings. The third-order valence-electron chi connectivity index (χ3n) is 4.99. The van der Waals surface area contributed by atoms with Gasteiger partial charge < -0.3 is 20.1 Å². The zero-order chi connectivity index (χ0) is 23.4. The summed E-state index contributed by atoms with van der Waals surface area (Å²) in [4.78, 5) is 16.4. The summed E-state index contributed by atoms with van der Waals surface area (Å²) in [6.07, 6.45) is -0.159. The zero-order valence-corrected chi connectivity index (χ0v) is 17.4. The summed E-state index contributed by atoms with van der Waals surface area (Å²) in [5.41, 5.74) is 5.48. The monoisotopic (exact) mass is 454 g/mol. The van der Waals surface area contributed by atoms with Crippen LogP contribution in [0.1, 0.15) is 5.56 Å². The van der Waals surface area contributed by atoms with Gasteiger partial charge in [0, 0.05) is 30.3 Å². The van der Waals surface area contributed by atoms with Crippen molar-refractivity contribution in [3.05, 3.63) is 78.6 Å². The lowest BCUT2D eigenvalue weighted by atomic mass is 10.0. The van der Waals surface area contributed by atoms with E-state index in [4.69, 9.17) is 0 Å². The van der Waals surface area contributed by atoms with Crippen LogP contribution >= 0.6 is 0 Å². The van der Waals surface area contributed by atoms with Crippen molar-refractivity contribution in [3.63, 3.8) is 0 Å². The lowest BCUT2D eigenvalue weighted by Crippen LogP contribution is -2.36. The van der Waals surface area contributed by atoms with Crippen molar-refractivity contribution in [3.8, 4) is 22.4 Å². The third kappa shape index (κ3) is 5.69. The van der Waals surface area contributed by atoms with Crippen molar-refractivity contribution in [2.45, 2.75) is 12.6 Å². The highest BCUT2D eigenvalue weighted by Gasteiger charge is 2.27. The molecule has 2 aromatic carbocycles. The van der Waals surface area contributed by atoms with E-state index >= 15 is 0 Å². The number of aliphatic hydroxyl groups excluding tert-OH is 1. The van der Waals surface area contributed by atoms with E-state index in [-0.39, 0.29) is 6.61 Å². The van der Waals surface area contributed by atoms with Gasteiger partial charge in [0.25, 0.3) is 0 Å². The van der Waals surface area contributed by atoms with Crippen LogP contribution in [0.25, 0.3) is 28.0 Å². The van der Waals surface area contributed by atoms with Crippen LogP contribution in [-0.2, 0) is 6.42 Å². The van der Waals surface area contributed by atoms with Gasteiger partial charge in [0.2, 0.25) is 0 Å². The van der Waals surface area contributed by atoms with Crippen LogP contribution in [0.5, 0.6) is 0 Å². The minimum atomic E-state index is -4.48. The number of benzene rings is 2. The van der Waals surface area contributed by atoms with Crippen molar-refractivity contribution in [1.29, 1.82) is 0 Å². The number of urea groups is 1. The first-order valence-electron chi connectivity index (χ1n) is 10.2. The molecule has 33 heavy (non-hydrogen) atoms. The molecule has 0 bridgehead atoms. The van der Waals surface area contributed by atoms with Crippen molar-refractivity contribution in [1.82, 2.24) is 14.7 Å². The largest absolute Gasteiger partial charge is 0.405 e. The Kier molecular flexibility index (Phi) is 6.32. The minimum Gasteiger partial charge on any atom is -0.396 e. The summed E-state index contributed by atoms with van der Waals surface area (Å²) in [6, 6.07) is 17.7. The number of anilines is 1. The number of alkyl halides is 3. The molecule has 2 heterocycles. The molecule has 0 atom stereocenters. The molecule has 0 aliphatic carbocycles. The molecule has 0 fully saturated rings. The Morgan fingerprint density at radius 3 is 2.55 bits per heavy atom. The fraction of sp³-hybridized carbons (Fsp3) is 0.167. The first-order chi connectivity index (χ1) is 15.8. The molecular formula is C24H21F3N4O2. The molecule has 3 N–H and O–H groups in total. The van der Waals surface area contributed by atoms with Crippen LogP contribution in [0.2, 0.25) is 0 Å². The second kappa shape index (κ2) is 9.33. The van der Waals surface area contributed by atoms with Gasteiger partial charge in [-0.2, -0.15) is 13.2 Å². The molecule has 9 heteroatoms. The van der Waals surface area contributed by atoms with Crippen molar-refractivity contribution < 1.29 is 23.1 Å². The lowest BCUT2D eigenvalue weighted by Gasteiger charge is -2.10. The molecule has 2 aromatic heterocycles. The van der Waals surface area contributed by atoms with Crippen molar-refractivity contribution in [2.24, 2.45) is 0 Å². The van der Waals surface area contributed by atoms with E-state index in [1.807, 2.05) is 53.2 Å². The summed E-state index contributed by atoms with van der Waals surface area (Å²) >= 11 is 0. The van der Waals surface area contributed by atoms with Crippen LogP contribution in [0.15, 0.2) is 73.1 Å². The standard InChI is InChI=1S/C24H21F3N4O2/c25-24(26,27)15-28-23(33)29-20-6-2-5-19(12-20)21-14-31-9-7-18(13-22(31)30-21)17-4-1-3-16(11-17)8-10-32/h1-7,9,11-14,32H,8,10,15H2,(H2,28,29,33). The maximum atomic E-state index is 12.3. The predicted octanol–water partition coefficient (Wildman–Crippen LogP) is 4.89. The number of halogens is 3. The average Bonchev–Trinajstić information content (AvgIpc) is 3.21. The molecule has 0 aliphatic heterocycles. The van der Waals surface area contributed by atoms with E-state index in [1.165, 1.54) is 0 Å². The van der Waals surface area contributed by atoms with Gasteiger partial charge in [0.1, 0.15) is 12.2 Å². The second-order valence-corrected chi connectivity index (χ2v) is 7.48. The minimum absolute atomic E-state index is 0.0873. The van der Waals surface area contributed by atoms with Crippen LogP contribution in [-0.4, -0.2) is 39.9 Å². The first-order valence-corrected chi connectivity index (χ1v) is 10.2. The summed E-state index contributed by atoms with van der Waals surface area (Å²) in [5, 5.41) is 13.4. The van der Waals surface area contributed by atoms with Gasteiger partial charge in [-0.15, -0.1) is 0 Å². The smallest absolute Gasteiger partial charge is 0.396 e. The SMILES string of the molecule is O=C(NCC(F)(F)F)Nc1cccc(-c2cn3ccc(-c4cccc(CCO)c4)cc3n2)c1. The fourth-order valence-corrected chi connectivity index (χ4v) is 3.45. The van der Waals surface area contributed by atoms with Gasteiger partial charge in [-0.1, -0.05) is 36.4 Å². The normalized spacial score (nSPS) is 11.5. The summed E-state index contributed by atoms with van der Waals surface area (Å²) in [6.45, 7) is -1.32. The Labute approximate surface area is 187 Å². The molecular weight excluding hydrogens is 433 g/mol. The number of nitrogens with zero attached hydrogens (tertiary/aromatic N) is 2. The van der Waals surface area contributed by atoms with Gasteiger partial charge in [0.05, 0.1) is 5.69 Å². The van der Waals surface area contributed by atoms with E-state index in [0.717, 1.165) is 22.3 Å². The number of amides is 2. The van der Waals surface area contributed by atoms with E-state index in [9.17, 15) is 23.1 Å². The average molecular weight is 454 g/mol. The van der Waals surface area contributed by atoms with Gasteiger partial charge in [-0.05, 0) is 47.4 Å². The predicted molar refractivity (Wildman–Crippen MR) is 120 cm³/mol. The van der Waals surface area contributed by atoms with Crippen LogP contribution in [0.3, 0.4) is 0 Å². The van der Waals surface area contributed by atoms with Gasteiger partial charge in [-0.25, -0.2) is 9.78 Å². The number of pyridine rings is 1. The third-order valence-corrected chi connectivity index (χ3v) is 4.99. The molecule has 170 valence electrons. The number of imidazole rings is 1. The van der Waals surface area contributed by atoms with Gasteiger partial charge in [0.15, 0.2) is 0 Å². The highest BCUT2D eigenvalue weighted by atomic mass is 19.4. The van der Waals surface area contributed by atoms with Crippen molar-refractivity contribution in [2.75, 3.05) is 18.5 Å². The Balaban J connectivity index is 1.55. The first kappa shape index (κ1) is 22.3. The number of hydrogen-bond donors (Lipinski definition) is 3. The number of carbonyl (C=O) groups excluding carboxylic acids is 1. The van der Waals surface area contributed by atoms with Crippen LogP contribution in [0.4, 0.5) is 23.7 Å². The summed E-state index contributed by atoms with van der Waals surface area (Å²) in [5.74, 6) is 0. The quantitative estimate of drug-likeness (QED) is 0.388. The molecule has 4 rings (SSSR count). The lowest BCUT2D eigenvalue weighted by molar-refractivity contribution is -0.122. The number of aliphatic hydroxyl groups is 1. The molecule has 2 amide bonds. The second-order valence-electron chi connectivity index (χ2n) is 7.48. The number of rotatable bonds is 6.